The molecular formula is C16H15NO. The highest BCUT2D eigenvalue weighted by Gasteiger charge is 2.19. The Bertz CT molecular complexity index is 550. The zero-order valence-corrected chi connectivity index (χ0v) is 10.6. The molecule has 0 atom stereocenters. The van der Waals surface area contributed by atoms with E-state index in [2.05, 4.69) is 6.07 Å². The molecule has 0 N–H and O–H groups in total. The summed E-state index contributed by atoms with van der Waals surface area (Å²) in [5, 5.41) is 9.07. The summed E-state index contributed by atoms with van der Waals surface area (Å²) in [7, 11) is 0. The van der Waals surface area contributed by atoms with Gasteiger partial charge < -0.3 is 4.74 Å². The van der Waals surface area contributed by atoms with E-state index in [1.54, 1.807) is 0 Å². The predicted molar refractivity (Wildman–Crippen MR) is 71.6 cm³/mol. The van der Waals surface area contributed by atoms with Gasteiger partial charge >= 0.3 is 0 Å². The molecule has 0 heterocycles. The van der Waals surface area contributed by atoms with Crippen LogP contribution < -0.4 is 4.74 Å². The van der Waals surface area contributed by atoms with Gasteiger partial charge in [0, 0.05) is 0 Å². The van der Waals surface area contributed by atoms with Gasteiger partial charge in [0.2, 0.25) is 0 Å². The van der Waals surface area contributed by atoms with Gasteiger partial charge in [-0.05, 0) is 43.7 Å². The first kappa shape index (κ1) is 12.2. The number of benzene rings is 2. The molecule has 2 nitrogen and oxygen atoms in total. The topological polar surface area (TPSA) is 33.0 Å². The predicted octanol–water partition coefficient (Wildman–Crippen LogP) is 4.28. The van der Waals surface area contributed by atoms with E-state index in [-0.39, 0.29) is 0 Å². The first-order valence-electron chi connectivity index (χ1n) is 5.86. The van der Waals surface area contributed by atoms with Crippen molar-refractivity contribution in [2.75, 3.05) is 0 Å². The number of rotatable bonds is 3. The standard InChI is InChI=1S/C16H15NO/c1-16(2,12-17)13-8-10-15(11-9-13)18-14-6-4-3-5-7-14/h3-11H,1-2H3. The van der Waals surface area contributed by atoms with Crippen LogP contribution >= 0.6 is 0 Å². The molecule has 2 heteroatoms. The van der Waals surface area contributed by atoms with E-state index in [4.69, 9.17) is 10.00 Å². The van der Waals surface area contributed by atoms with E-state index in [0.29, 0.717) is 0 Å². The Morgan fingerprint density at radius 3 is 2.00 bits per heavy atom. The maximum Gasteiger partial charge on any atom is 0.127 e. The number of para-hydroxylation sites is 1. The van der Waals surface area contributed by atoms with E-state index in [9.17, 15) is 0 Å². The van der Waals surface area contributed by atoms with Crippen molar-refractivity contribution in [3.63, 3.8) is 0 Å². The van der Waals surface area contributed by atoms with Crippen LogP contribution in [0.3, 0.4) is 0 Å². The molecule has 2 aromatic carbocycles. The van der Waals surface area contributed by atoms with Crippen LogP contribution in [0.2, 0.25) is 0 Å². The molecule has 0 radical (unpaired) electrons. The van der Waals surface area contributed by atoms with Gasteiger partial charge in [0.05, 0.1) is 11.5 Å². The maximum absolute atomic E-state index is 9.07. The summed E-state index contributed by atoms with van der Waals surface area (Å²) >= 11 is 0. The van der Waals surface area contributed by atoms with Crippen LogP contribution in [0.15, 0.2) is 54.6 Å². The highest BCUT2D eigenvalue weighted by molar-refractivity contribution is 5.37. The summed E-state index contributed by atoms with van der Waals surface area (Å²) in [6.45, 7) is 3.81. The summed E-state index contributed by atoms with van der Waals surface area (Å²) in [6, 6.07) is 19.6. The number of hydrogen-bond acceptors (Lipinski definition) is 2. The first-order valence-corrected chi connectivity index (χ1v) is 5.86. The third-order valence-corrected chi connectivity index (χ3v) is 2.83. The maximum atomic E-state index is 9.07. The second kappa shape index (κ2) is 4.93. The summed E-state index contributed by atoms with van der Waals surface area (Å²) in [5.74, 6) is 1.59. The van der Waals surface area contributed by atoms with Crippen LogP contribution in [-0.4, -0.2) is 0 Å². The van der Waals surface area contributed by atoms with Crippen LogP contribution in [0.5, 0.6) is 11.5 Å². The lowest BCUT2D eigenvalue weighted by Gasteiger charge is -2.16. The lowest BCUT2D eigenvalue weighted by molar-refractivity contribution is 0.482. The molecule has 18 heavy (non-hydrogen) atoms. The monoisotopic (exact) mass is 237 g/mol. The summed E-state index contributed by atoms with van der Waals surface area (Å²) in [5.41, 5.74) is 0.524. The smallest absolute Gasteiger partial charge is 0.127 e. The summed E-state index contributed by atoms with van der Waals surface area (Å²) < 4.78 is 5.70. The summed E-state index contributed by atoms with van der Waals surface area (Å²) in [4.78, 5) is 0. The molecule has 0 unspecified atom stereocenters. The molecule has 0 fully saturated rings. The lowest BCUT2D eigenvalue weighted by Crippen LogP contribution is -2.13. The van der Waals surface area contributed by atoms with Crippen molar-refractivity contribution in [2.24, 2.45) is 0 Å². The number of ether oxygens (including phenoxy) is 1. The number of nitriles is 1. The first-order chi connectivity index (χ1) is 8.62. The fourth-order valence-corrected chi connectivity index (χ4v) is 1.63. The van der Waals surface area contributed by atoms with Gasteiger partial charge in [-0.1, -0.05) is 30.3 Å². The minimum Gasteiger partial charge on any atom is -0.457 e. The zero-order valence-electron chi connectivity index (χ0n) is 10.6. The second-order valence-corrected chi connectivity index (χ2v) is 4.68. The Morgan fingerprint density at radius 1 is 0.889 bits per heavy atom. The SMILES string of the molecule is CC(C)(C#N)c1ccc(Oc2ccccc2)cc1. The molecule has 0 aliphatic heterocycles. The minimum atomic E-state index is -0.467. The molecule has 0 spiro atoms. The van der Waals surface area contributed by atoms with E-state index in [0.717, 1.165) is 17.1 Å². The average Bonchev–Trinajstić information content (AvgIpc) is 2.40. The Morgan fingerprint density at radius 2 is 1.44 bits per heavy atom. The summed E-state index contributed by atoms with van der Waals surface area (Å²) in [6.07, 6.45) is 0. The lowest BCUT2D eigenvalue weighted by atomic mass is 9.86. The largest absolute Gasteiger partial charge is 0.457 e. The highest BCUT2D eigenvalue weighted by atomic mass is 16.5. The molecule has 0 saturated carbocycles. The molecule has 0 saturated heterocycles. The average molecular weight is 237 g/mol. The molecular weight excluding hydrogens is 222 g/mol. The molecule has 0 aromatic heterocycles. The van der Waals surface area contributed by atoms with Crippen LogP contribution in [0.25, 0.3) is 0 Å². The van der Waals surface area contributed by atoms with E-state index < -0.39 is 5.41 Å². The molecule has 0 amide bonds. The Balaban J connectivity index is 2.17. The van der Waals surface area contributed by atoms with Crippen molar-refractivity contribution in [3.8, 4) is 17.6 Å². The molecule has 2 aromatic rings. The van der Waals surface area contributed by atoms with E-state index in [1.807, 2.05) is 68.4 Å². The van der Waals surface area contributed by atoms with Gasteiger partial charge in [-0.3, -0.25) is 0 Å². The molecule has 2 rings (SSSR count). The fraction of sp³-hybridized carbons (Fsp3) is 0.188. The van der Waals surface area contributed by atoms with Crippen molar-refractivity contribution in [2.45, 2.75) is 19.3 Å². The molecule has 0 bridgehead atoms. The Labute approximate surface area is 107 Å². The van der Waals surface area contributed by atoms with Gasteiger partial charge in [0.1, 0.15) is 11.5 Å². The minimum absolute atomic E-state index is 0.467. The van der Waals surface area contributed by atoms with E-state index >= 15 is 0 Å². The number of hydrogen-bond donors (Lipinski definition) is 0. The zero-order chi connectivity index (χ0) is 13.0. The van der Waals surface area contributed by atoms with Crippen LogP contribution in [0.1, 0.15) is 19.4 Å². The third-order valence-electron chi connectivity index (χ3n) is 2.83. The molecule has 90 valence electrons. The van der Waals surface area contributed by atoms with Gasteiger partial charge in [-0.25, -0.2) is 0 Å². The molecule has 0 aliphatic rings. The van der Waals surface area contributed by atoms with Crippen molar-refractivity contribution >= 4 is 0 Å². The number of nitrogens with zero attached hydrogens (tertiary/aromatic N) is 1. The van der Waals surface area contributed by atoms with Gasteiger partial charge in [0.15, 0.2) is 0 Å². The quantitative estimate of drug-likeness (QED) is 0.798. The normalized spacial score (nSPS) is 10.7. The fourth-order valence-electron chi connectivity index (χ4n) is 1.63. The Hall–Kier alpha value is -2.27. The van der Waals surface area contributed by atoms with Gasteiger partial charge in [-0.15, -0.1) is 0 Å². The third kappa shape index (κ3) is 2.70. The van der Waals surface area contributed by atoms with Crippen LogP contribution in [-0.2, 0) is 5.41 Å². The van der Waals surface area contributed by atoms with Crippen molar-refractivity contribution in [1.82, 2.24) is 0 Å². The van der Waals surface area contributed by atoms with Crippen LogP contribution in [0, 0.1) is 11.3 Å². The highest BCUT2D eigenvalue weighted by Crippen LogP contribution is 2.26. The Kier molecular flexibility index (Phi) is 3.34. The second-order valence-electron chi connectivity index (χ2n) is 4.68. The van der Waals surface area contributed by atoms with Crippen molar-refractivity contribution < 1.29 is 4.74 Å². The van der Waals surface area contributed by atoms with Gasteiger partial charge in [-0.2, -0.15) is 5.26 Å². The van der Waals surface area contributed by atoms with Crippen molar-refractivity contribution in [1.29, 1.82) is 5.26 Å². The van der Waals surface area contributed by atoms with Crippen LogP contribution in [0.4, 0.5) is 0 Å². The van der Waals surface area contributed by atoms with Crippen molar-refractivity contribution in [3.05, 3.63) is 60.2 Å². The van der Waals surface area contributed by atoms with Gasteiger partial charge in [0.25, 0.3) is 0 Å². The molecule has 0 aliphatic carbocycles. The van der Waals surface area contributed by atoms with E-state index in [1.165, 1.54) is 0 Å².